The molecule has 4 nitrogen and oxygen atoms in total. The van der Waals surface area contributed by atoms with Crippen LogP contribution in [0, 0.1) is 6.92 Å². The average molecular weight is 360 g/mol. The van der Waals surface area contributed by atoms with Crippen LogP contribution in [0.15, 0.2) is 54.7 Å². The molecule has 0 spiro atoms. The molecule has 0 radical (unpaired) electrons. The number of nitrogens with one attached hydrogen (secondary N) is 1. The molecular formula is C18H15Cl2N3O. The van der Waals surface area contributed by atoms with E-state index in [1.54, 1.807) is 23.0 Å². The zero-order valence-corrected chi connectivity index (χ0v) is 14.5. The normalized spacial score (nSPS) is 10.6. The summed E-state index contributed by atoms with van der Waals surface area (Å²) in [6, 6.07) is 14.8. The molecule has 0 bridgehead atoms. The first kappa shape index (κ1) is 16.6. The Labute approximate surface area is 150 Å². The molecule has 3 aromatic rings. The summed E-state index contributed by atoms with van der Waals surface area (Å²) < 4.78 is 1.68. The van der Waals surface area contributed by atoms with Crippen molar-refractivity contribution in [2.24, 2.45) is 0 Å². The SMILES string of the molecule is Cc1ccc(C(=O)Nc2nn(Cc3ccc(Cl)cc3)cc2Cl)cc1. The number of benzene rings is 2. The largest absolute Gasteiger partial charge is 0.304 e. The number of hydrogen-bond donors (Lipinski definition) is 1. The molecule has 0 saturated heterocycles. The van der Waals surface area contributed by atoms with Gasteiger partial charge >= 0.3 is 0 Å². The van der Waals surface area contributed by atoms with E-state index in [-0.39, 0.29) is 5.91 Å². The molecule has 122 valence electrons. The molecule has 0 aliphatic heterocycles. The second-order valence-electron chi connectivity index (χ2n) is 5.47. The van der Waals surface area contributed by atoms with Gasteiger partial charge in [-0.2, -0.15) is 5.10 Å². The Hall–Kier alpha value is -2.30. The first-order valence-corrected chi connectivity index (χ1v) is 8.12. The lowest BCUT2D eigenvalue weighted by molar-refractivity contribution is 0.102. The van der Waals surface area contributed by atoms with E-state index in [4.69, 9.17) is 23.2 Å². The molecule has 24 heavy (non-hydrogen) atoms. The molecule has 0 aliphatic carbocycles. The van der Waals surface area contributed by atoms with E-state index < -0.39 is 0 Å². The van der Waals surface area contributed by atoms with Crippen LogP contribution in [0.1, 0.15) is 21.5 Å². The fraction of sp³-hybridized carbons (Fsp3) is 0.111. The lowest BCUT2D eigenvalue weighted by atomic mass is 10.1. The van der Waals surface area contributed by atoms with Gasteiger partial charge < -0.3 is 5.32 Å². The Balaban J connectivity index is 1.72. The van der Waals surface area contributed by atoms with Crippen LogP contribution in [-0.4, -0.2) is 15.7 Å². The van der Waals surface area contributed by atoms with Gasteiger partial charge in [-0.15, -0.1) is 0 Å². The number of rotatable bonds is 4. The van der Waals surface area contributed by atoms with Crippen LogP contribution in [0.5, 0.6) is 0 Å². The molecule has 1 amide bonds. The molecule has 0 unspecified atom stereocenters. The van der Waals surface area contributed by atoms with Gasteiger partial charge in [0.2, 0.25) is 0 Å². The monoisotopic (exact) mass is 359 g/mol. The van der Waals surface area contributed by atoms with Crippen LogP contribution in [0.25, 0.3) is 0 Å². The van der Waals surface area contributed by atoms with Gasteiger partial charge in [0.25, 0.3) is 5.91 Å². The number of anilines is 1. The smallest absolute Gasteiger partial charge is 0.256 e. The Morgan fingerprint density at radius 1 is 1.08 bits per heavy atom. The van der Waals surface area contributed by atoms with Gasteiger partial charge in [0, 0.05) is 16.8 Å². The molecule has 0 saturated carbocycles. The topological polar surface area (TPSA) is 46.9 Å². The third kappa shape index (κ3) is 3.96. The quantitative estimate of drug-likeness (QED) is 0.727. The van der Waals surface area contributed by atoms with Crippen LogP contribution in [0.4, 0.5) is 5.82 Å². The molecule has 0 fully saturated rings. The minimum Gasteiger partial charge on any atom is -0.304 e. The highest BCUT2D eigenvalue weighted by atomic mass is 35.5. The Morgan fingerprint density at radius 2 is 1.75 bits per heavy atom. The van der Waals surface area contributed by atoms with E-state index >= 15 is 0 Å². The first-order valence-electron chi connectivity index (χ1n) is 7.37. The summed E-state index contributed by atoms with van der Waals surface area (Å²) in [6.45, 7) is 2.51. The molecule has 3 rings (SSSR count). The standard InChI is InChI=1S/C18H15Cl2N3O/c1-12-2-6-14(7-3-12)18(24)21-17-16(20)11-23(22-17)10-13-4-8-15(19)9-5-13/h2-9,11H,10H2,1H3,(H,21,22,24). The fourth-order valence-electron chi connectivity index (χ4n) is 2.22. The highest BCUT2D eigenvalue weighted by Crippen LogP contribution is 2.21. The number of hydrogen-bond acceptors (Lipinski definition) is 2. The maximum absolute atomic E-state index is 12.2. The van der Waals surface area contributed by atoms with Gasteiger partial charge in [-0.25, -0.2) is 0 Å². The van der Waals surface area contributed by atoms with Crippen LogP contribution in [0.3, 0.4) is 0 Å². The van der Waals surface area contributed by atoms with Crippen molar-refractivity contribution in [3.63, 3.8) is 0 Å². The van der Waals surface area contributed by atoms with E-state index in [2.05, 4.69) is 10.4 Å². The van der Waals surface area contributed by atoms with Crippen molar-refractivity contribution in [2.75, 3.05) is 5.32 Å². The van der Waals surface area contributed by atoms with E-state index in [1.165, 1.54) is 0 Å². The van der Waals surface area contributed by atoms with Crippen LogP contribution >= 0.6 is 23.2 Å². The van der Waals surface area contributed by atoms with Crippen molar-refractivity contribution in [1.29, 1.82) is 0 Å². The van der Waals surface area contributed by atoms with Crippen molar-refractivity contribution in [1.82, 2.24) is 9.78 Å². The Morgan fingerprint density at radius 3 is 2.42 bits per heavy atom. The van der Waals surface area contributed by atoms with Gasteiger partial charge in [0.15, 0.2) is 5.82 Å². The van der Waals surface area contributed by atoms with Gasteiger partial charge in [0.1, 0.15) is 5.02 Å². The predicted octanol–water partition coefficient (Wildman–Crippen LogP) is 4.80. The predicted molar refractivity (Wildman–Crippen MR) is 96.9 cm³/mol. The zero-order chi connectivity index (χ0) is 17.1. The summed E-state index contributed by atoms with van der Waals surface area (Å²) in [5, 5.41) is 8.14. The maximum Gasteiger partial charge on any atom is 0.256 e. The zero-order valence-electron chi connectivity index (χ0n) is 13.0. The molecule has 6 heteroatoms. The molecule has 0 aliphatic rings. The third-order valence-corrected chi connectivity index (χ3v) is 4.05. The summed E-state index contributed by atoms with van der Waals surface area (Å²) in [4.78, 5) is 12.2. The second kappa shape index (κ2) is 7.07. The number of aryl methyl sites for hydroxylation is 1. The Bertz CT molecular complexity index is 855. The average Bonchev–Trinajstić information content (AvgIpc) is 2.89. The molecule has 2 aromatic carbocycles. The van der Waals surface area contributed by atoms with E-state index in [0.717, 1.165) is 11.1 Å². The highest BCUT2D eigenvalue weighted by molar-refractivity contribution is 6.33. The number of carbonyl (C=O) groups excluding carboxylic acids is 1. The van der Waals surface area contributed by atoms with Gasteiger partial charge in [-0.3, -0.25) is 9.48 Å². The molecule has 1 N–H and O–H groups in total. The molecular weight excluding hydrogens is 345 g/mol. The number of nitrogens with zero attached hydrogens (tertiary/aromatic N) is 2. The lowest BCUT2D eigenvalue weighted by Gasteiger charge is -2.04. The summed E-state index contributed by atoms with van der Waals surface area (Å²) in [7, 11) is 0. The minimum atomic E-state index is -0.242. The van der Waals surface area contributed by atoms with Gasteiger partial charge in [0.05, 0.1) is 6.54 Å². The summed E-state index contributed by atoms with van der Waals surface area (Å²) in [5.41, 5.74) is 2.69. The van der Waals surface area contributed by atoms with E-state index in [0.29, 0.717) is 28.0 Å². The van der Waals surface area contributed by atoms with Crippen molar-refractivity contribution in [3.8, 4) is 0 Å². The van der Waals surface area contributed by atoms with Crippen LogP contribution in [-0.2, 0) is 6.54 Å². The highest BCUT2D eigenvalue weighted by Gasteiger charge is 2.12. The van der Waals surface area contributed by atoms with Crippen molar-refractivity contribution >= 4 is 34.9 Å². The first-order chi connectivity index (χ1) is 11.5. The summed E-state index contributed by atoms with van der Waals surface area (Å²) in [5.74, 6) is 0.102. The third-order valence-electron chi connectivity index (χ3n) is 3.52. The van der Waals surface area contributed by atoms with Crippen molar-refractivity contribution in [3.05, 3.63) is 81.5 Å². The van der Waals surface area contributed by atoms with Gasteiger partial charge in [-0.05, 0) is 36.8 Å². The fourth-order valence-corrected chi connectivity index (χ4v) is 2.55. The minimum absolute atomic E-state index is 0.242. The van der Waals surface area contributed by atoms with Crippen molar-refractivity contribution in [2.45, 2.75) is 13.5 Å². The molecule has 0 atom stereocenters. The lowest BCUT2D eigenvalue weighted by Crippen LogP contribution is -2.13. The molecule has 1 aromatic heterocycles. The van der Waals surface area contributed by atoms with Gasteiger partial charge in [-0.1, -0.05) is 53.0 Å². The summed E-state index contributed by atoms with van der Waals surface area (Å²) in [6.07, 6.45) is 1.68. The summed E-state index contributed by atoms with van der Waals surface area (Å²) >= 11 is 12.1. The number of aromatic nitrogens is 2. The molecule has 1 heterocycles. The Kier molecular flexibility index (Phi) is 4.88. The number of amides is 1. The number of carbonyl (C=O) groups is 1. The second-order valence-corrected chi connectivity index (χ2v) is 6.31. The van der Waals surface area contributed by atoms with Crippen LogP contribution in [0.2, 0.25) is 10.0 Å². The maximum atomic E-state index is 12.2. The van der Waals surface area contributed by atoms with Crippen LogP contribution < -0.4 is 5.32 Å². The number of halogens is 2. The van der Waals surface area contributed by atoms with E-state index in [9.17, 15) is 4.79 Å². The van der Waals surface area contributed by atoms with Crippen molar-refractivity contribution < 1.29 is 4.79 Å². The van der Waals surface area contributed by atoms with E-state index in [1.807, 2.05) is 43.3 Å².